The first-order valence-electron chi connectivity index (χ1n) is 7.51. The molecule has 1 fully saturated rings. The number of allylic oxidation sites excluding steroid dienone is 1. The summed E-state index contributed by atoms with van der Waals surface area (Å²) in [4.78, 5) is 0. The lowest BCUT2D eigenvalue weighted by atomic mass is 10.2. The Bertz CT molecular complexity index is 482. The molecule has 1 aliphatic rings. The summed E-state index contributed by atoms with van der Waals surface area (Å²) in [6, 6.07) is 5.79. The molecule has 0 radical (unpaired) electrons. The maximum atomic E-state index is 5.76. The predicted molar refractivity (Wildman–Crippen MR) is 84.3 cm³/mol. The fourth-order valence-corrected chi connectivity index (χ4v) is 1.94. The Hall–Kier alpha value is -1.56. The van der Waals surface area contributed by atoms with E-state index in [0.29, 0.717) is 31.3 Å². The molecule has 1 aliphatic heterocycles. The van der Waals surface area contributed by atoms with Gasteiger partial charge in [-0.2, -0.15) is 0 Å². The van der Waals surface area contributed by atoms with E-state index in [9.17, 15) is 0 Å². The van der Waals surface area contributed by atoms with Gasteiger partial charge in [-0.3, -0.25) is 0 Å². The third-order valence-electron chi connectivity index (χ3n) is 3.13. The first kappa shape index (κ1) is 16.8. The summed E-state index contributed by atoms with van der Waals surface area (Å²) in [7, 11) is 1.63. The van der Waals surface area contributed by atoms with Gasteiger partial charge >= 0.3 is 0 Å². The van der Waals surface area contributed by atoms with Gasteiger partial charge in [0.2, 0.25) is 0 Å². The third-order valence-corrected chi connectivity index (χ3v) is 3.13. The standard InChI is InChI=1S/C17H24O5/c1-4-5-14-6-7-16(17(10-14)18-3)22-13(2)20-9-8-19-11-15-12-21-15/h4-7,10,13,15H,8-9,11-12H2,1-3H3/b5-4+. The van der Waals surface area contributed by atoms with Gasteiger partial charge in [-0.1, -0.05) is 18.2 Å². The summed E-state index contributed by atoms with van der Waals surface area (Å²) in [5.41, 5.74) is 1.07. The van der Waals surface area contributed by atoms with E-state index in [2.05, 4.69) is 0 Å². The zero-order chi connectivity index (χ0) is 15.8. The zero-order valence-corrected chi connectivity index (χ0v) is 13.4. The number of methoxy groups -OCH3 is 1. The fourth-order valence-electron chi connectivity index (χ4n) is 1.94. The Kier molecular flexibility index (Phi) is 6.71. The van der Waals surface area contributed by atoms with Crippen LogP contribution in [-0.4, -0.2) is 45.9 Å². The molecule has 2 atom stereocenters. The van der Waals surface area contributed by atoms with Gasteiger partial charge in [0.25, 0.3) is 0 Å². The topological polar surface area (TPSA) is 49.5 Å². The molecule has 0 aliphatic carbocycles. The van der Waals surface area contributed by atoms with Crippen molar-refractivity contribution in [2.45, 2.75) is 26.2 Å². The number of hydrogen-bond acceptors (Lipinski definition) is 5. The summed E-state index contributed by atoms with van der Waals surface area (Å²) in [6.45, 7) is 6.29. The second kappa shape index (κ2) is 8.78. The maximum absolute atomic E-state index is 5.76. The van der Waals surface area contributed by atoms with Crippen molar-refractivity contribution in [3.05, 3.63) is 29.8 Å². The highest BCUT2D eigenvalue weighted by molar-refractivity contribution is 5.55. The molecule has 122 valence electrons. The highest BCUT2D eigenvalue weighted by Crippen LogP contribution is 2.29. The molecular formula is C17H24O5. The second-order valence-electron chi connectivity index (χ2n) is 5.00. The SMILES string of the molecule is C/C=C/c1ccc(OC(C)OCCOCC2CO2)c(OC)c1. The van der Waals surface area contributed by atoms with E-state index >= 15 is 0 Å². The summed E-state index contributed by atoms with van der Waals surface area (Å²) >= 11 is 0. The third kappa shape index (κ3) is 5.67. The number of epoxide rings is 1. The molecule has 0 bridgehead atoms. The lowest BCUT2D eigenvalue weighted by Gasteiger charge is -2.17. The predicted octanol–water partition coefficient (Wildman–Crippen LogP) is 2.89. The average molecular weight is 308 g/mol. The lowest BCUT2D eigenvalue weighted by Crippen LogP contribution is -2.20. The van der Waals surface area contributed by atoms with Crippen LogP contribution in [0.1, 0.15) is 19.4 Å². The highest BCUT2D eigenvalue weighted by atomic mass is 16.7. The molecule has 2 rings (SSSR count). The molecule has 22 heavy (non-hydrogen) atoms. The Labute approximate surface area is 131 Å². The Balaban J connectivity index is 1.75. The summed E-state index contributed by atoms with van der Waals surface area (Å²) < 4.78 is 27.1. The first-order valence-corrected chi connectivity index (χ1v) is 7.51. The van der Waals surface area contributed by atoms with Gasteiger partial charge in [0.05, 0.1) is 33.5 Å². The van der Waals surface area contributed by atoms with Crippen molar-refractivity contribution in [3.8, 4) is 11.5 Å². The van der Waals surface area contributed by atoms with Crippen LogP contribution in [0, 0.1) is 0 Å². The number of hydrogen-bond donors (Lipinski definition) is 0. The molecule has 0 spiro atoms. The van der Waals surface area contributed by atoms with E-state index in [1.54, 1.807) is 7.11 Å². The number of rotatable bonds is 10. The van der Waals surface area contributed by atoms with Crippen molar-refractivity contribution >= 4 is 6.08 Å². The van der Waals surface area contributed by atoms with E-state index in [-0.39, 0.29) is 12.4 Å². The molecule has 0 amide bonds. The normalized spacial score (nSPS) is 18.4. The van der Waals surface area contributed by atoms with Gasteiger partial charge in [-0.25, -0.2) is 0 Å². The molecule has 1 saturated heterocycles. The summed E-state index contributed by atoms with van der Waals surface area (Å²) in [5.74, 6) is 1.35. The fraction of sp³-hybridized carbons (Fsp3) is 0.529. The Morgan fingerprint density at radius 3 is 2.82 bits per heavy atom. The Morgan fingerprint density at radius 1 is 1.32 bits per heavy atom. The molecule has 2 unspecified atom stereocenters. The van der Waals surface area contributed by atoms with Crippen molar-refractivity contribution in [1.29, 1.82) is 0 Å². The highest BCUT2D eigenvalue weighted by Gasteiger charge is 2.22. The average Bonchev–Trinajstić information content (AvgIpc) is 3.33. The van der Waals surface area contributed by atoms with Crippen LogP contribution in [-0.2, 0) is 14.2 Å². The first-order chi connectivity index (χ1) is 10.7. The van der Waals surface area contributed by atoms with E-state index in [0.717, 1.165) is 12.2 Å². The van der Waals surface area contributed by atoms with Crippen molar-refractivity contribution in [3.63, 3.8) is 0 Å². The molecular weight excluding hydrogens is 284 g/mol. The van der Waals surface area contributed by atoms with E-state index in [4.69, 9.17) is 23.7 Å². The monoisotopic (exact) mass is 308 g/mol. The molecule has 0 saturated carbocycles. The minimum atomic E-state index is -0.373. The van der Waals surface area contributed by atoms with Crippen LogP contribution in [0.4, 0.5) is 0 Å². The van der Waals surface area contributed by atoms with E-state index in [1.165, 1.54) is 0 Å². The van der Waals surface area contributed by atoms with Crippen molar-refractivity contribution < 1.29 is 23.7 Å². The quantitative estimate of drug-likeness (QED) is 0.378. The van der Waals surface area contributed by atoms with Crippen LogP contribution in [0.2, 0.25) is 0 Å². The smallest absolute Gasteiger partial charge is 0.197 e. The van der Waals surface area contributed by atoms with Gasteiger partial charge in [0.15, 0.2) is 17.8 Å². The van der Waals surface area contributed by atoms with Gasteiger partial charge in [-0.15, -0.1) is 0 Å². The number of benzene rings is 1. The van der Waals surface area contributed by atoms with Gasteiger partial charge < -0.3 is 23.7 Å². The largest absolute Gasteiger partial charge is 0.493 e. The molecule has 1 aromatic rings. The van der Waals surface area contributed by atoms with Crippen molar-refractivity contribution in [2.75, 3.05) is 33.5 Å². The van der Waals surface area contributed by atoms with E-state index < -0.39 is 0 Å². The summed E-state index contributed by atoms with van der Waals surface area (Å²) in [5, 5.41) is 0. The molecule has 1 aromatic carbocycles. The zero-order valence-electron chi connectivity index (χ0n) is 13.4. The van der Waals surface area contributed by atoms with Crippen LogP contribution in [0.15, 0.2) is 24.3 Å². The van der Waals surface area contributed by atoms with Gasteiger partial charge in [0.1, 0.15) is 6.10 Å². The van der Waals surface area contributed by atoms with Crippen molar-refractivity contribution in [2.24, 2.45) is 0 Å². The van der Waals surface area contributed by atoms with Crippen LogP contribution >= 0.6 is 0 Å². The van der Waals surface area contributed by atoms with Crippen LogP contribution in [0.3, 0.4) is 0 Å². The van der Waals surface area contributed by atoms with Gasteiger partial charge in [0, 0.05) is 0 Å². The van der Waals surface area contributed by atoms with Crippen LogP contribution in [0.25, 0.3) is 6.08 Å². The molecule has 5 heteroatoms. The summed E-state index contributed by atoms with van der Waals surface area (Å²) in [6.07, 6.45) is 3.90. The number of ether oxygens (including phenoxy) is 5. The van der Waals surface area contributed by atoms with Gasteiger partial charge in [-0.05, 0) is 31.5 Å². The maximum Gasteiger partial charge on any atom is 0.197 e. The molecule has 0 aromatic heterocycles. The molecule has 1 heterocycles. The Morgan fingerprint density at radius 2 is 2.14 bits per heavy atom. The second-order valence-corrected chi connectivity index (χ2v) is 5.00. The minimum Gasteiger partial charge on any atom is -0.493 e. The lowest BCUT2D eigenvalue weighted by molar-refractivity contribution is -0.0847. The minimum absolute atomic E-state index is 0.286. The van der Waals surface area contributed by atoms with Crippen LogP contribution < -0.4 is 9.47 Å². The molecule has 0 N–H and O–H groups in total. The van der Waals surface area contributed by atoms with E-state index in [1.807, 2.05) is 44.2 Å². The molecule has 5 nitrogen and oxygen atoms in total. The van der Waals surface area contributed by atoms with Crippen molar-refractivity contribution in [1.82, 2.24) is 0 Å². The van der Waals surface area contributed by atoms with Crippen LogP contribution in [0.5, 0.6) is 11.5 Å².